The van der Waals surface area contributed by atoms with Crippen LogP contribution >= 0.6 is 0 Å². The van der Waals surface area contributed by atoms with Crippen LogP contribution in [0.5, 0.6) is 0 Å². The molecule has 0 amide bonds. The SMILES string of the molecule is CC(C)(C)CCN1CCN(C2(COC(C)(C)C)CC2)CC1. The molecule has 3 nitrogen and oxygen atoms in total. The highest BCUT2D eigenvalue weighted by atomic mass is 16.5. The van der Waals surface area contributed by atoms with Gasteiger partial charge >= 0.3 is 0 Å². The van der Waals surface area contributed by atoms with Gasteiger partial charge in [0.15, 0.2) is 0 Å². The van der Waals surface area contributed by atoms with Crippen molar-refractivity contribution in [2.24, 2.45) is 5.41 Å². The van der Waals surface area contributed by atoms with Gasteiger partial charge in [0.2, 0.25) is 0 Å². The van der Waals surface area contributed by atoms with Gasteiger partial charge in [-0.1, -0.05) is 20.8 Å². The first-order valence-corrected chi connectivity index (χ1v) is 8.71. The predicted octanol–water partition coefficient (Wildman–Crippen LogP) is 3.39. The average Bonchev–Trinajstić information content (AvgIpc) is 3.14. The van der Waals surface area contributed by atoms with Crippen molar-refractivity contribution in [3.8, 4) is 0 Å². The minimum atomic E-state index is -0.00980. The number of rotatable bonds is 5. The van der Waals surface area contributed by atoms with Crippen molar-refractivity contribution in [3.05, 3.63) is 0 Å². The van der Waals surface area contributed by atoms with Crippen molar-refractivity contribution < 1.29 is 4.74 Å². The normalized spacial score (nSPS) is 24.3. The lowest BCUT2D eigenvalue weighted by Crippen LogP contribution is -2.53. The summed E-state index contributed by atoms with van der Waals surface area (Å²) in [6.07, 6.45) is 3.95. The number of piperazine rings is 1. The third kappa shape index (κ3) is 5.54. The maximum absolute atomic E-state index is 6.07. The fraction of sp³-hybridized carbons (Fsp3) is 1.00. The summed E-state index contributed by atoms with van der Waals surface area (Å²) in [5, 5.41) is 0. The highest BCUT2D eigenvalue weighted by Gasteiger charge is 2.49. The van der Waals surface area contributed by atoms with Gasteiger partial charge in [-0.2, -0.15) is 0 Å². The maximum atomic E-state index is 6.07. The van der Waals surface area contributed by atoms with Gasteiger partial charge in [0.1, 0.15) is 0 Å². The van der Waals surface area contributed by atoms with E-state index >= 15 is 0 Å². The van der Waals surface area contributed by atoms with Gasteiger partial charge in [-0.3, -0.25) is 4.90 Å². The molecule has 124 valence electrons. The number of ether oxygens (including phenoxy) is 1. The fourth-order valence-electron chi connectivity index (χ4n) is 2.99. The van der Waals surface area contributed by atoms with Gasteiger partial charge in [-0.25, -0.2) is 0 Å². The molecule has 21 heavy (non-hydrogen) atoms. The molecular formula is C18H36N2O. The van der Waals surface area contributed by atoms with Gasteiger partial charge in [-0.15, -0.1) is 0 Å². The van der Waals surface area contributed by atoms with Gasteiger partial charge in [0.25, 0.3) is 0 Å². The van der Waals surface area contributed by atoms with Crippen LogP contribution < -0.4 is 0 Å². The summed E-state index contributed by atoms with van der Waals surface area (Å²) in [5.41, 5.74) is 0.822. The zero-order valence-electron chi connectivity index (χ0n) is 15.2. The molecular weight excluding hydrogens is 260 g/mol. The van der Waals surface area contributed by atoms with E-state index in [9.17, 15) is 0 Å². The Balaban J connectivity index is 1.74. The first kappa shape index (κ1) is 17.2. The Bertz CT molecular complexity index is 328. The number of nitrogens with zero attached hydrogens (tertiary/aromatic N) is 2. The Morgan fingerprint density at radius 2 is 1.48 bits per heavy atom. The van der Waals surface area contributed by atoms with Crippen molar-refractivity contribution in [2.75, 3.05) is 39.3 Å². The molecule has 2 rings (SSSR count). The Hall–Kier alpha value is -0.120. The highest BCUT2D eigenvalue weighted by molar-refractivity contribution is 5.05. The van der Waals surface area contributed by atoms with E-state index in [-0.39, 0.29) is 5.60 Å². The second-order valence-corrected chi connectivity index (χ2v) is 9.26. The van der Waals surface area contributed by atoms with E-state index in [1.165, 1.54) is 52.0 Å². The lowest BCUT2D eigenvalue weighted by Gasteiger charge is -2.41. The van der Waals surface area contributed by atoms with Crippen LogP contribution in [0.25, 0.3) is 0 Å². The summed E-state index contributed by atoms with van der Waals surface area (Å²) >= 11 is 0. The quantitative estimate of drug-likeness (QED) is 0.773. The predicted molar refractivity (Wildman–Crippen MR) is 89.8 cm³/mol. The molecule has 0 aromatic heterocycles. The van der Waals surface area contributed by atoms with Crippen LogP contribution in [0.15, 0.2) is 0 Å². The van der Waals surface area contributed by atoms with Crippen LogP contribution in [-0.4, -0.2) is 60.3 Å². The molecule has 1 saturated carbocycles. The van der Waals surface area contributed by atoms with Crippen molar-refractivity contribution in [1.29, 1.82) is 0 Å². The van der Waals surface area contributed by atoms with Gasteiger partial charge < -0.3 is 9.64 Å². The van der Waals surface area contributed by atoms with Crippen LogP contribution in [0.2, 0.25) is 0 Å². The van der Waals surface area contributed by atoms with Crippen LogP contribution in [0.1, 0.15) is 60.8 Å². The number of hydrogen-bond donors (Lipinski definition) is 0. The molecule has 0 aromatic carbocycles. The van der Waals surface area contributed by atoms with Crippen molar-refractivity contribution in [3.63, 3.8) is 0 Å². The zero-order valence-corrected chi connectivity index (χ0v) is 15.2. The van der Waals surface area contributed by atoms with Gasteiger partial charge in [0, 0.05) is 31.7 Å². The number of hydrogen-bond acceptors (Lipinski definition) is 3. The van der Waals surface area contributed by atoms with E-state index in [1.807, 2.05) is 0 Å². The molecule has 0 aromatic rings. The second-order valence-electron chi connectivity index (χ2n) is 9.26. The monoisotopic (exact) mass is 296 g/mol. The van der Waals surface area contributed by atoms with E-state index in [1.54, 1.807) is 0 Å². The molecule has 0 spiro atoms. The lowest BCUT2D eigenvalue weighted by molar-refractivity contribution is -0.0509. The van der Waals surface area contributed by atoms with Gasteiger partial charge in [-0.05, 0) is 52.0 Å². The summed E-state index contributed by atoms with van der Waals surface area (Å²) in [6.45, 7) is 20.6. The third-order valence-electron chi connectivity index (χ3n) is 4.82. The van der Waals surface area contributed by atoms with Crippen LogP contribution in [0.3, 0.4) is 0 Å². The van der Waals surface area contributed by atoms with Crippen molar-refractivity contribution in [2.45, 2.75) is 71.9 Å². The molecule has 1 saturated heterocycles. The highest BCUT2D eigenvalue weighted by Crippen LogP contribution is 2.43. The smallest absolute Gasteiger partial charge is 0.0657 e. The Labute approximate surface area is 132 Å². The lowest BCUT2D eigenvalue weighted by atomic mass is 9.92. The first-order chi connectivity index (χ1) is 9.60. The van der Waals surface area contributed by atoms with E-state index in [0.717, 1.165) is 6.61 Å². The van der Waals surface area contributed by atoms with Crippen LogP contribution in [0.4, 0.5) is 0 Å². The third-order valence-corrected chi connectivity index (χ3v) is 4.82. The Morgan fingerprint density at radius 1 is 0.905 bits per heavy atom. The van der Waals surface area contributed by atoms with Crippen LogP contribution in [-0.2, 0) is 4.74 Å². The molecule has 1 aliphatic heterocycles. The van der Waals surface area contributed by atoms with E-state index in [4.69, 9.17) is 4.74 Å². The molecule has 0 unspecified atom stereocenters. The molecule has 2 fully saturated rings. The molecule has 1 aliphatic carbocycles. The summed E-state index contributed by atoms with van der Waals surface area (Å²) in [4.78, 5) is 5.34. The average molecular weight is 296 g/mol. The summed E-state index contributed by atoms with van der Waals surface area (Å²) in [7, 11) is 0. The van der Waals surface area contributed by atoms with Gasteiger partial charge in [0.05, 0.1) is 12.2 Å². The van der Waals surface area contributed by atoms with Crippen molar-refractivity contribution in [1.82, 2.24) is 9.80 Å². The Kier molecular flexibility index (Phi) is 5.07. The molecule has 0 bridgehead atoms. The largest absolute Gasteiger partial charge is 0.374 e. The molecule has 2 aliphatic rings. The fourth-order valence-corrected chi connectivity index (χ4v) is 2.99. The summed E-state index contributed by atoms with van der Waals surface area (Å²) in [6, 6.07) is 0. The van der Waals surface area contributed by atoms with E-state index in [2.05, 4.69) is 51.3 Å². The minimum Gasteiger partial charge on any atom is -0.374 e. The topological polar surface area (TPSA) is 15.7 Å². The molecule has 3 heteroatoms. The second kappa shape index (κ2) is 6.17. The molecule has 1 heterocycles. The summed E-state index contributed by atoms with van der Waals surface area (Å²) in [5.74, 6) is 0. The standard InChI is InChI=1S/C18H36N2O/c1-16(2,3)9-10-19-11-13-20(14-12-19)18(7-8-18)15-21-17(4,5)6/h7-15H2,1-6H3. The molecule has 0 radical (unpaired) electrons. The molecule has 0 N–H and O–H groups in total. The summed E-state index contributed by atoms with van der Waals surface area (Å²) < 4.78 is 6.07. The minimum absolute atomic E-state index is 0.00980. The molecule has 0 atom stereocenters. The van der Waals surface area contributed by atoms with Crippen LogP contribution in [0, 0.1) is 5.41 Å². The van der Waals surface area contributed by atoms with E-state index in [0.29, 0.717) is 11.0 Å². The first-order valence-electron chi connectivity index (χ1n) is 8.71. The maximum Gasteiger partial charge on any atom is 0.0657 e. The Morgan fingerprint density at radius 3 is 1.90 bits per heavy atom. The van der Waals surface area contributed by atoms with Crippen molar-refractivity contribution >= 4 is 0 Å². The van der Waals surface area contributed by atoms with E-state index < -0.39 is 0 Å². The zero-order chi connectivity index (χ0) is 15.7.